The summed E-state index contributed by atoms with van der Waals surface area (Å²) in [6.45, 7) is 4.04. The second kappa shape index (κ2) is 8.52. The van der Waals surface area contributed by atoms with Crippen LogP contribution in [-0.2, 0) is 21.0 Å². The Morgan fingerprint density at radius 1 is 1.11 bits per heavy atom. The fourth-order valence-corrected chi connectivity index (χ4v) is 3.31. The first-order chi connectivity index (χ1) is 13.3. The van der Waals surface area contributed by atoms with Crippen LogP contribution in [0.3, 0.4) is 0 Å². The lowest BCUT2D eigenvalue weighted by Gasteiger charge is -2.17. The summed E-state index contributed by atoms with van der Waals surface area (Å²) >= 11 is 18.1. The number of anilines is 1. The van der Waals surface area contributed by atoms with E-state index in [4.69, 9.17) is 39.6 Å². The topological polar surface area (TPSA) is 59.0 Å². The zero-order valence-electron chi connectivity index (χ0n) is 15.2. The highest BCUT2D eigenvalue weighted by molar-refractivity contribution is 6.54. The Morgan fingerprint density at radius 3 is 2.54 bits per heavy atom. The molecule has 0 bridgehead atoms. The number of hydrogen-bond donors (Lipinski definition) is 0. The lowest BCUT2D eigenvalue weighted by molar-refractivity contribution is -0.144. The van der Waals surface area contributed by atoms with Crippen molar-refractivity contribution >= 4 is 58.1 Å². The molecule has 2 aromatic carbocycles. The average molecular weight is 440 g/mol. The van der Waals surface area contributed by atoms with Crippen LogP contribution in [0.2, 0.25) is 15.1 Å². The first-order valence-electron chi connectivity index (χ1n) is 8.60. The van der Waals surface area contributed by atoms with Crippen LogP contribution in [-0.4, -0.2) is 17.6 Å². The molecular formula is C20H17Cl3N2O3. The van der Waals surface area contributed by atoms with Crippen LogP contribution in [0, 0.1) is 5.92 Å². The van der Waals surface area contributed by atoms with Gasteiger partial charge in [-0.1, -0.05) is 59.9 Å². The predicted molar refractivity (Wildman–Crippen MR) is 111 cm³/mol. The minimum absolute atomic E-state index is 0.0367. The quantitative estimate of drug-likeness (QED) is 0.457. The predicted octanol–water partition coefficient (Wildman–Crippen LogP) is 5.49. The van der Waals surface area contributed by atoms with Gasteiger partial charge in [-0.2, -0.15) is 0 Å². The van der Waals surface area contributed by atoms with Crippen molar-refractivity contribution in [2.75, 3.05) is 4.90 Å². The first kappa shape index (κ1) is 20.6. The maximum Gasteiger partial charge on any atom is 0.335 e. The van der Waals surface area contributed by atoms with Crippen LogP contribution in [0.5, 0.6) is 0 Å². The zero-order valence-corrected chi connectivity index (χ0v) is 17.5. The normalized spacial score (nSPS) is 14.7. The Hall–Kier alpha value is -2.08. The molecule has 1 aliphatic rings. The third-order valence-electron chi connectivity index (χ3n) is 4.09. The number of hydrogen-bond acceptors (Lipinski definition) is 4. The summed E-state index contributed by atoms with van der Waals surface area (Å²) in [5.74, 6) is -0.762. The van der Waals surface area contributed by atoms with E-state index in [-0.39, 0.29) is 30.5 Å². The number of rotatable bonds is 5. The summed E-state index contributed by atoms with van der Waals surface area (Å²) in [5, 5.41) is 5.12. The molecule has 2 aromatic rings. The first-order valence-corrected chi connectivity index (χ1v) is 9.73. The van der Waals surface area contributed by atoms with Gasteiger partial charge in [0.1, 0.15) is 0 Å². The summed E-state index contributed by atoms with van der Waals surface area (Å²) in [7, 11) is 0. The number of nitrogens with zero attached hydrogens (tertiary/aromatic N) is 2. The molecule has 1 aliphatic heterocycles. The maximum atomic E-state index is 13.0. The Labute approximate surface area is 177 Å². The molecule has 146 valence electrons. The third kappa shape index (κ3) is 4.49. The molecule has 0 N–H and O–H groups in total. The van der Waals surface area contributed by atoms with Crippen molar-refractivity contribution in [2.24, 2.45) is 11.1 Å². The van der Waals surface area contributed by atoms with E-state index in [0.29, 0.717) is 26.3 Å². The van der Waals surface area contributed by atoms with E-state index in [1.165, 1.54) is 4.90 Å². The molecule has 0 radical (unpaired) electrons. The second-order valence-electron chi connectivity index (χ2n) is 6.80. The van der Waals surface area contributed by atoms with Gasteiger partial charge in [-0.15, -0.1) is 0 Å². The maximum absolute atomic E-state index is 13.0. The number of oxime groups is 1. The zero-order chi connectivity index (χ0) is 20.4. The Kier molecular flexibility index (Phi) is 6.28. The number of carbonyl (C=O) groups excluding carboxylic acids is 2. The smallest absolute Gasteiger partial charge is 0.317 e. The van der Waals surface area contributed by atoms with Crippen LogP contribution in [0.15, 0.2) is 41.6 Å². The highest BCUT2D eigenvalue weighted by atomic mass is 35.5. The second-order valence-corrected chi connectivity index (χ2v) is 8.05. The number of fused-ring (bicyclic) bond motifs is 1. The van der Waals surface area contributed by atoms with Crippen molar-refractivity contribution in [1.82, 2.24) is 0 Å². The van der Waals surface area contributed by atoms with E-state index >= 15 is 0 Å². The Balaban J connectivity index is 1.92. The molecule has 0 aliphatic carbocycles. The molecule has 0 saturated carbocycles. The summed E-state index contributed by atoms with van der Waals surface area (Å²) in [6.07, 6.45) is 0.209. The van der Waals surface area contributed by atoms with Gasteiger partial charge in [0.25, 0.3) is 5.91 Å². The van der Waals surface area contributed by atoms with Crippen LogP contribution in [0.1, 0.15) is 31.4 Å². The summed E-state index contributed by atoms with van der Waals surface area (Å²) < 4.78 is 0. The molecule has 3 rings (SSSR count). The molecule has 0 spiro atoms. The number of carbonyl (C=O) groups is 2. The van der Waals surface area contributed by atoms with Gasteiger partial charge in [-0.3, -0.25) is 4.79 Å². The van der Waals surface area contributed by atoms with Crippen molar-refractivity contribution in [1.29, 1.82) is 0 Å². The molecule has 5 nitrogen and oxygen atoms in total. The lowest BCUT2D eigenvalue weighted by Crippen LogP contribution is -2.29. The average Bonchev–Trinajstić information content (AvgIpc) is 2.87. The minimum atomic E-state index is -0.498. The Bertz CT molecular complexity index is 973. The molecule has 0 aromatic heterocycles. The highest BCUT2D eigenvalue weighted by Crippen LogP contribution is 2.34. The van der Waals surface area contributed by atoms with E-state index in [1.807, 2.05) is 13.8 Å². The monoisotopic (exact) mass is 438 g/mol. The van der Waals surface area contributed by atoms with Crippen molar-refractivity contribution < 1.29 is 14.4 Å². The van der Waals surface area contributed by atoms with Crippen LogP contribution < -0.4 is 4.90 Å². The third-order valence-corrected chi connectivity index (χ3v) is 5.06. The van der Waals surface area contributed by atoms with Crippen molar-refractivity contribution in [3.63, 3.8) is 0 Å². The molecule has 28 heavy (non-hydrogen) atoms. The molecule has 1 amide bonds. The molecule has 1 heterocycles. The largest absolute Gasteiger partial charge is 0.335 e. The van der Waals surface area contributed by atoms with Gasteiger partial charge in [0, 0.05) is 10.6 Å². The van der Waals surface area contributed by atoms with Crippen molar-refractivity contribution in [2.45, 2.75) is 26.8 Å². The van der Waals surface area contributed by atoms with Gasteiger partial charge < -0.3 is 9.74 Å². The Morgan fingerprint density at radius 2 is 1.86 bits per heavy atom. The van der Waals surface area contributed by atoms with E-state index in [9.17, 15) is 9.59 Å². The van der Waals surface area contributed by atoms with Gasteiger partial charge in [0.2, 0.25) is 0 Å². The molecular weight excluding hydrogens is 423 g/mol. The lowest BCUT2D eigenvalue weighted by atomic mass is 10.1. The number of benzene rings is 2. The summed E-state index contributed by atoms with van der Waals surface area (Å²) in [5.41, 5.74) is 1.96. The molecule has 0 fully saturated rings. The van der Waals surface area contributed by atoms with E-state index < -0.39 is 5.97 Å². The van der Waals surface area contributed by atoms with Gasteiger partial charge in [0.05, 0.1) is 28.7 Å². The number of halogens is 3. The molecule has 0 atom stereocenters. The van der Waals surface area contributed by atoms with Crippen molar-refractivity contribution in [3.05, 3.63) is 62.6 Å². The van der Waals surface area contributed by atoms with Crippen molar-refractivity contribution in [3.8, 4) is 0 Å². The fraction of sp³-hybridized carbons (Fsp3) is 0.250. The molecule has 8 heteroatoms. The summed E-state index contributed by atoms with van der Waals surface area (Å²) in [6, 6.07) is 10.2. The fourth-order valence-electron chi connectivity index (χ4n) is 2.82. The van der Waals surface area contributed by atoms with E-state index in [1.54, 1.807) is 36.4 Å². The summed E-state index contributed by atoms with van der Waals surface area (Å²) in [4.78, 5) is 31.3. The van der Waals surface area contributed by atoms with Gasteiger partial charge in [0.15, 0.2) is 5.71 Å². The van der Waals surface area contributed by atoms with Crippen LogP contribution in [0.25, 0.3) is 0 Å². The minimum Gasteiger partial charge on any atom is -0.317 e. The standard InChI is InChI=1S/C20H17Cl3N2O3/c1-11(2)7-18(26)28-24-19-14-9-13(21)4-6-17(14)25(20(19)27)10-12-3-5-15(22)16(23)8-12/h3-6,8-9,11H,7,10H2,1-2H3/b24-19+. The van der Waals surface area contributed by atoms with Gasteiger partial charge in [-0.25, -0.2) is 4.79 Å². The van der Waals surface area contributed by atoms with Gasteiger partial charge >= 0.3 is 5.97 Å². The SMILES string of the molecule is CC(C)CC(=O)O/N=C1/C(=O)N(Cc2ccc(Cl)c(Cl)c2)c2ccc(Cl)cc21. The number of amides is 1. The van der Waals surface area contributed by atoms with Gasteiger partial charge in [-0.05, 0) is 41.8 Å². The van der Waals surface area contributed by atoms with Crippen LogP contribution in [0.4, 0.5) is 5.69 Å². The molecule has 0 unspecified atom stereocenters. The van der Waals surface area contributed by atoms with E-state index in [2.05, 4.69) is 5.16 Å². The van der Waals surface area contributed by atoms with Crippen LogP contribution >= 0.6 is 34.8 Å². The highest BCUT2D eigenvalue weighted by Gasteiger charge is 2.35. The molecule has 0 saturated heterocycles. The van der Waals surface area contributed by atoms with E-state index in [0.717, 1.165) is 5.56 Å².